The van der Waals surface area contributed by atoms with Crippen LogP contribution in [-0.2, 0) is 13.5 Å². The molecule has 1 atom stereocenters. The first-order chi connectivity index (χ1) is 8.60. The van der Waals surface area contributed by atoms with Gasteiger partial charge in [0, 0.05) is 6.42 Å². The summed E-state index contributed by atoms with van der Waals surface area (Å²) in [5.41, 5.74) is 4.42. The van der Waals surface area contributed by atoms with Gasteiger partial charge in [0.15, 0.2) is 5.82 Å². The van der Waals surface area contributed by atoms with E-state index in [4.69, 9.17) is 5.84 Å². The first-order valence-corrected chi connectivity index (χ1v) is 5.55. The Hall–Kier alpha value is -1.86. The van der Waals surface area contributed by atoms with E-state index < -0.39 is 0 Å². The van der Waals surface area contributed by atoms with Crippen LogP contribution in [-0.4, -0.2) is 20.2 Å². The highest BCUT2D eigenvalue weighted by Gasteiger charge is 2.16. The second kappa shape index (κ2) is 5.19. The van der Waals surface area contributed by atoms with Crippen LogP contribution in [0, 0.1) is 12.7 Å². The van der Waals surface area contributed by atoms with Gasteiger partial charge >= 0.3 is 0 Å². The topological polar surface area (TPSA) is 81.7 Å². The third-order valence-corrected chi connectivity index (χ3v) is 2.75. The number of hydrogen-bond donors (Lipinski definition) is 2. The minimum Gasteiger partial charge on any atom is -0.271 e. The quantitative estimate of drug-likeness (QED) is 0.606. The third-order valence-electron chi connectivity index (χ3n) is 2.75. The second-order valence-corrected chi connectivity index (χ2v) is 4.12. The van der Waals surface area contributed by atoms with Crippen LogP contribution in [0.25, 0.3) is 0 Å². The molecule has 3 N–H and O–H groups in total. The molecule has 7 heteroatoms. The molecular weight excluding hydrogens is 235 g/mol. The molecule has 1 unspecified atom stereocenters. The fraction of sp³-hybridized carbons (Fsp3) is 0.364. The molecule has 0 radical (unpaired) electrons. The van der Waals surface area contributed by atoms with Gasteiger partial charge in [-0.3, -0.25) is 11.3 Å². The number of nitrogens with one attached hydrogen (secondary N) is 1. The highest BCUT2D eigenvalue weighted by Crippen LogP contribution is 2.20. The Labute approximate surface area is 104 Å². The highest BCUT2D eigenvalue weighted by molar-refractivity contribution is 5.30. The van der Waals surface area contributed by atoms with E-state index in [0.717, 1.165) is 11.1 Å². The van der Waals surface area contributed by atoms with E-state index in [0.29, 0.717) is 12.2 Å². The largest absolute Gasteiger partial charge is 0.271 e. The van der Waals surface area contributed by atoms with Gasteiger partial charge in [0.05, 0.1) is 13.1 Å². The van der Waals surface area contributed by atoms with Crippen molar-refractivity contribution in [2.24, 2.45) is 12.9 Å². The zero-order chi connectivity index (χ0) is 13.1. The van der Waals surface area contributed by atoms with Crippen molar-refractivity contribution in [1.82, 2.24) is 25.6 Å². The summed E-state index contributed by atoms with van der Waals surface area (Å²) in [4.78, 5) is 1.38. The summed E-state index contributed by atoms with van der Waals surface area (Å²) in [6.07, 6.45) is 0.453. The molecule has 0 saturated carbocycles. The molecule has 1 aromatic heterocycles. The number of nitrogens with two attached hydrogens (primary N) is 1. The van der Waals surface area contributed by atoms with Crippen molar-refractivity contribution < 1.29 is 4.39 Å². The second-order valence-electron chi connectivity index (χ2n) is 4.12. The Morgan fingerprint density at radius 1 is 1.50 bits per heavy atom. The van der Waals surface area contributed by atoms with Crippen LogP contribution in [0.4, 0.5) is 4.39 Å². The van der Waals surface area contributed by atoms with Gasteiger partial charge in [0.1, 0.15) is 5.82 Å². The van der Waals surface area contributed by atoms with Crippen molar-refractivity contribution in [3.8, 4) is 0 Å². The minimum absolute atomic E-state index is 0.245. The lowest BCUT2D eigenvalue weighted by Crippen LogP contribution is -2.30. The summed E-state index contributed by atoms with van der Waals surface area (Å²) < 4.78 is 13.3. The molecule has 0 spiro atoms. The Morgan fingerprint density at radius 3 is 2.89 bits per heavy atom. The maximum absolute atomic E-state index is 13.3. The molecule has 1 aromatic carbocycles. The first-order valence-electron chi connectivity index (χ1n) is 5.55. The molecule has 0 saturated heterocycles. The fourth-order valence-electron chi connectivity index (χ4n) is 1.83. The van der Waals surface area contributed by atoms with Gasteiger partial charge in [0.25, 0.3) is 0 Å². The maximum Gasteiger partial charge on any atom is 0.176 e. The number of hydrogen-bond acceptors (Lipinski definition) is 5. The normalized spacial score (nSPS) is 12.7. The van der Waals surface area contributed by atoms with Crippen LogP contribution in [0.2, 0.25) is 0 Å². The van der Waals surface area contributed by atoms with Gasteiger partial charge in [0.2, 0.25) is 0 Å². The number of hydrazine groups is 1. The van der Waals surface area contributed by atoms with Crippen molar-refractivity contribution in [2.45, 2.75) is 19.4 Å². The van der Waals surface area contributed by atoms with Gasteiger partial charge in [-0.1, -0.05) is 6.07 Å². The van der Waals surface area contributed by atoms with Gasteiger partial charge in [-0.25, -0.2) is 4.39 Å². The smallest absolute Gasteiger partial charge is 0.176 e. The minimum atomic E-state index is -0.289. The van der Waals surface area contributed by atoms with Gasteiger partial charge in [-0.15, -0.1) is 10.2 Å². The summed E-state index contributed by atoms with van der Waals surface area (Å²) in [5.74, 6) is 5.79. The lowest BCUT2D eigenvalue weighted by Gasteiger charge is -2.16. The monoisotopic (exact) mass is 250 g/mol. The fourth-order valence-corrected chi connectivity index (χ4v) is 1.83. The number of tetrazole rings is 1. The molecular formula is C11H15FN6. The molecule has 2 aromatic rings. The van der Waals surface area contributed by atoms with E-state index in [9.17, 15) is 4.39 Å². The lowest BCUT2D eigenvalue weighted by atomic mass is 9.99. The summed E-state index contributed by atoms with van der Waals surface area (Å²) in [5, 5.41) is 11.7. The standard InChI is InChI=1S/C11H15FN6/c1-7-3-4-8(12)5-9(7)10(14-13)6-11-15-17-18(2)16-11/h3-5,10,14H,6,13H2,1-2H3. The SMILES string of the molecule is Cc1ccc(F)cc1C(Cc1nnn(C)n1)NN. The van der Waals surface area contributed by atoms with E-state index in [1.165, 1.54) is 16.9 Å². The van der Waals surface area contributed by atoms with Gasteiger partial charge in [-0.2, -0.15) is 4.80 Å². The van der Waals surface area contributed by atoms with Crippen LogP contribution in [0.1, 0.15) is 23.0 Å². The van der Waals surface area contributed by atoms with Crippen molar-refractivity contribution in [1.29, 1.82) is 0 Å². The average Bonchev–Trinajstić information content (AvgIpc) is 2.75. The van der Waals surface area contributed by atoms with Crippen LogP contribution < -0.4 is 11.3 Å². The Bertz CT molecular complexity index is 538. The van der Waals surface area contributed by atoms with Crippen molar-refractivity contribution in [2.75, 3.05) is 0 Å². The van der Waals surface area contributed by atoms with Gasteiger partial charge in [-0.05, 0) is 35.4 Å². The molecule has 96 valence electrons. The first kappa shape index (κ1) is 12.6. The zero-order valence-electron chi connectivity index (χ0n) is 10.3. The zero-order valence-corrected chi connectivity index (χ0v) is 10.3. The molecule has 18 heavy (non-hydrogen) atoms. The number of aryl methyl sites for hydroxylation is 2. The van der Waals surface area contributed by atoms with Crippen molar-refractivity contribution in [3.05, 3.63) is 41.0 Å². The number of nitrogens with zero attached hydrogens (tertiary/aromatic N) is 4. The van der Waals surface area contributed by atoms with E-state index in [1.807, 2.05) is 6.92 Å². The summed E-state index contributed by atoms with van der Waals surface area (Å²) in [6.45, 7) is 1.91. The van der Waals surface area contributed by atoms with Crippen molar-refractivity contribution >= 4 is 0 Å². The van der Waals surface area contributed by atoms with E-state index in [2.05, 4.69) is 20.8 Å². The summed E-state index contributed by atoms with van der Waals surface area (Å²) in [7, 11) is 1.69. The van der Waals surface area contributed by atoms with Crippen LogP contribution in [0.5, 0.6) is 0 Å². The Balaban J connectivity index is 2.25. The van der Waals surface area contributed by atoms with Crippen molar-refractivity contribution in [3.63, 3.8) is 0 Å². The Kier molecular flexibility index (Phi) is 3.63. The van der Waals surface area contributed by atoms with Crippen LogP contribution >= 0.6 is 0 Å². The molecule has 0 fully saturated rings. The lowest BCUT2D eigenvalue weighted by molar-refractivity contribution is 0.528. The summed E-state index contributed by atoms with van der Waals surface area (Å²) in [6, 6.07) is 4.37. The molecule has 6 nitrogen and oxygen atoms in total. The third kappa shape index (κ3) is 2.69. The summed E-state index contributed by atoms with van der Waals surface area (Å²) >= 11 is 0. The van der Waals surface area contributed by atoms with Gasteiger partial charge < -0.3 is 0 Å². The number of benzene rings is 1. The average molecular weight is 250 g/mol. The predicted molar refractivity (Wildman–Crippen MR) is 63.7 cm³/mol. The Morgan fingerprint density at radius 2 is 2.28 bits per heavy atom. The molecule has 1 heterocycles. The van der Waals surface area contributed by atoms with E-state index >= 15 is 0 Å². The molecule has 0 aliphatic carbocycles. The van der Waals surface area contributed by atoms with Crippen LogP contribution in [0.15, 0.2) is 18.2 Å². The van der Waals surface area contributed by atoms with Crippen LogP contribution in [0.3, 0.4) is 0 Å². The molecule has 0 aliphatic rings. The predicted octanol–water partition coefficient (Wildman–Crippen LogP) is 0.405. The van der Waals surface area contributed by atoms with E-state index in [1.54, 1.807) is 13.1 Å². The number of rotatable bonds is 4. The molecule has 2 rings (SSSR count). The molecule has 0 bridgehead atoms. The number of aromatic nitrogens is 4. The van der Waals surface area contributed by atoms with E-state index in [-0.39, 0.29) is 11.9 Å². The number of halogens is 1. The highest BCUT2D eigenvalue weighted by atomic mass is 19.1. The molecule has 0 amide bonds. The maximum atomic E-state index is 13.3. The molecule has 0 aliphatic heterocycles.